The maximum absolute atomic E-state index is 12.4. The first-order valence-electron chi connectivity index (χ1n) is 8.54. The second kappa shape index (κ2) is 8.99. The van der Waals surface area contributed by atoms with E-state index in [1.807, 2.05) is 17.8 Å². The minimum Gasteiger partial charge on any atom is -0.486 e. The summed E-state index contributed by atoms with van der Waals surface area (Å²) < 4.78 is 13.2. The molecule has 6 nitrogen and oxygen atoms in total. The van der Waals surface area contributed by atoms with Crippen LogP contribution < -0.4 is 14.8 Å². The lowest BCUT2D eigenvalue weighted by Crippen LogP contribution is -2.30. The number of aryl methyl sites for hydroxylation is 1. The molecule has 1 unspecified atom stereocenters. The van der Waals surface area contributed by atoms with Gasteiger partial charge in [-0.25, -0.2) is 4.98 Å². The van der Waals surface area contributed by atoms with Gasteiger partial charge in [-0.3, -0.25) is 4.79 Å². The van der Waals surface area contributed by atoms with E-state index in [-0.39, 0.29) is 5.91 Å². The number of ether oxygens (including phenoxy) is 2. The van der Waals surface area contributed by atoms with E-state index in [4.69, 9.17) is 32.7 Å². The van der Waals surface area contributed by atoms with E-state index in [9.17, 15) is 4.79 Å². The van der Waals surface area contributed by atoms with Crippen molar-refractivity contribution in [2.45, 2.75) is 19.6 Å². The molecule has 2 aromatic carbocycles. The summed E-state index contributed by atoms with van der Waals surface area (Å²) in [6.45, 7) is 2.01. The third-order valence-electron chi connectivity index (χ3n) is 3.98. The molecular weight excluding hydrogens is 401 g/mol. The summed E-state index contributed by atoms with van der Waals surface area (Å²) in [5, 5.41) is 3.64. The van der Waals surface area contributed by atoms with Gasteiger partial charge in [-0.15, -0.1) is 0 Å². The number of imidazole rings is 1. The van der Waals surface area contributed by atoms with Crippen molar-refractivity contribution in [1.82, 2.24) is 9.55 Å². The zero-order valence-electron chi connectivity index (χ0n) is 15.4. The molecule has 0 fully saturated rings. The molecule has 0 saturated carbocycles. The molecule has 8 heteroatoms. The highest BCUT2D eigenvalue weighted by Gasteiger charge is 2.16. The molecule has 0 saturated heterocycles. The Morgan fingerprint density at radius 2 is 1.96 bits per heavy atom. The van der Waals surface area contributed by atoms with Gasteiger partial charge in [-0.2, -0.15) is 0 Å². The van der Waals surface area contributed by atoms with Crippen molar-refractivity contribution in [1.29, 1.82) is 0 Å². The monoisotopic (exact) mass is 419 g/mol. The van der Waals surface area contributed by atoms with Crippen LogP contribution >= 0.6 is 23.2 Å². The third-order valence-corrected chi connectivity index (χ3v) is 4.51. The fourth-order valence-electron chi connectivity index (χ4n) is 2.38. The van der Waals surface area contributed by atoms with Crippen LogP contribution in [0.1, 0.15) is 12.7 Å². The number of hydrogen-bond acceptors (Lipinski definition) is 4. The lowest BCUT2D eigenvalue weighted by Gasteiger charge is -2.16. The molecule has 146 valence electrons. The SMILES string of the molecule is CC(Oc1ccc(Cl)cc1Cl)C(=O)Nc1ccc(OCc2nccn2C)cc1. The van der Waals surface area contributed by atoms with Gasteiger partial charge >= 0.3 is 0 Å². The number of rotatable bonds is 7. The molecule has 1 atom stereocenters. The number of nitrogens with zero attached hydrogens (tertiary/aromatic N) is 2. The summed E-state index contributed by atoms with van der Waals surface area (Å²) in [5.41, 5.74) is 0.631. The van der Waals surface area contributed by atoms with Crippen LogP contribution in [0.25, 0.3) is 0 Å². The molecule has 1 aromatic heterocycles. The second-order valence-electron chi connectivity index (χ2n) is 6.09. The van der Waals surface area contributed by atoms with Gasteiger partial charge in [0.1, 0.15) is 23.9 Å². The van der Waals surface area contributed by atoms with E-state index in [0.29, 0.717) is 33.8 Å². The van der Waals surface area contributed by atoms with Gasteiger partial charge in [-0.05, 0) is 49.4 Å². The zero-order valence-corrected chi connectivity index (χ0v) is 16.9. The van der Waals surface area contributed by atoms with Crippen molar-refractivity contribution >= 4 is 34.8 Å². The van der Waals surface area contributed by atoms with Crippen LogP contribution in [0, 0.1) is 0 Å². The zero-order chi connectivity index (χ0) is 20.1. The number of hydrogen-bond donors (Lipinski definition) is 1. The van der Waals surface area contributed by atoms with Crippen LogP contribution in [-0.2, 0) is 18.4 Å². The molecule has 0 bridgehead atoms. The fraction of sp³-hybridized carbons (Fsp3) is 0.200. The lowest BCUT2D eigenvalue weighted by molar-refractivity contribution is -0.122. The number of anilines is 1. The van der Waals surface area contributed by atoms with Crippen molar-refractivity contribution in [2.75, 3.05) is 5.32 Å². The molecule has 0 radical (unpaired) electrons. The Bertz CT molecular complexity index is 958. The Balaban J connectivity index is 1.54. The van der Waals surface area contributed by atoms with E-state index in [1.54, 1.807) is 55.6 Å². The molecule has 1 amide bonds. The summed E-state index contributed by atoms with van der Waals surface area (Å²) in [6, 6.07) is 11.9. The van der Waals surface area contributed by atoms with Gasteiger partial charge in [0.2, 0.25) is 0 Å². The van der Waals surface area contributed by atoms with E-state index in [0.717, 1.165) is 5.82 Å². The van der Waals surface area contributed by atoms with Crippen LogP contribution in [0.4, 0.5) is 5.69 Å². The van der Waals surface area contributed by atoms with Crippen LogP contribution in [0.2, 0.25) is 10.0 Å². The van der Waals surface area contributed by atoms with E-state index >= 15 is 0 Å². The highest BCUT2D eigenvalue weighted by atomic mass is 35.5. The average molecular weight is 420 g/mol. The Morgan fingerprint density at radius 3 is 2.61 bits per heavy atom. The van der Waals surface area contributed by atoms with E-state index < -0.39 is 6.10 Å². The van der Waals surface area contributed by atoms with Crippen LogP contribution in [0.15, 0.2) is 54.9 Å². The number of benzene rings is 2. The summed E-state index contributed by atoms with van der Waals surface area (Å²) in [4.78, 5) is 16.6. The molecule has 3 aromatic rings. The Kier molecular flexibility index (Phi) is 6.44. The summed E-state index contributed by atoms with van der Waals surface area (Å²) in [5.74, 6) is 1.60. The Labute approximate surface area is 173 Å². The van der Waals surface area contributed by atoms with Crippen molar-refractivity contribution in [3.05, 3.63) is 70.7 Å². The van der Waals surface area contributed by atoms with Crippen LogP contribution in [-0.4, -0.2) is 21.6 Å². The molecule has 1 heterocycles. The molecule has 1 N–H and O–H groups in total. The van der Waals surface area contributed by atoms with Gasteiger partial charge in [0.15, 0.2) is 6.10 Å². The topological polar surface area (TPSA) is 65.4 Å². The largest absolute Gasteiger partial charge is 0.486 e. The third kappa shape index (κ3) is 5.18. The maximum Gasteiger partial charge on any atom is 0.265 e. The number of nitrogens with one attached hydrogen (secondary N) is 1. The molecule has 0 spiro atoms. The Morgan fingerprint density at radius 1 is 1.21 bits per heavy atom. The number of aromatic nitrogens is 2. The number of carbonyl (C=O) groups excluding carboxylic acids is 1. The summed E-state index contributed by atoms with van der Waals surface area (Å²) in [6.07, 6.45) is 2.84. The summed E-state index contributed by atoms with van der Waals surface area (Å²) in [7, 11) is 1.91. The minimum atomic E-state index is -0.738. The van der Waals surface area contributed by atoms with Crippen LogP contribution in [0.5, 0.6) is 11.5 Å². The van der Waals surface area contributed by atoms with Gasteiger partial charge in [0.05, 0.1) is 5.02 Å². The number of halogens is 2. The maximum atomic E-state index is 12.4. The van der Waals surface area contributed by atoms with Crippen molar-refractivity contribution in [3.8, 4) is 11.5 Å². The standard InChI is InChI=1S/C20H19Cl2N3O3/c1-13(28-18-8-3-14(21)11-17(18)22)20(26)24-15-4-6-16(7-5-15)27-12-19-23-9-10-25(19)2/h3-11,13H,12H2,1-2H3,(H,24,26). The number of carbonyl (C=O) groups is 1. The van der Waals surface area contributed by atoms with Gasteiger partial charge in [-0.1, -0.05) is 23.2 Å². The first kappa shape index (κ1) is 20.0. The first-order chi connectivity index (χ1) is 13.4. The lowest BCUT2D eigenvalue weighted by atomic mass is 10.2. The predicted octanol–water partition coefficient (Wildman–Crippen LogP) is 4.71. The van der Waals surface area contributed by atoms with Gasteiger partial charge in [0, 0.05) is 30.2 Å². The molecule has 28 heavy (non-hydrogen) atoms. The molecule has 0 aliphatic heterocycles. The highest BCUT2D eigenvalue weighted by molar-refractivity contribution is 6.35. The minimum absolute atomic E-state index is 0.298. The number of amides is 1. The average Bonchev–Trinajstić information content (AvgIpc) is 3.08. The summed E-state index contributed by atoms with van der Waals surface area (Å²) >= 11 is 11.9. The van der Waals surface area contributed by atoms with Gasteiger partial charge in [0.25, 0.3) is 5.91 Å². The second-order valence-corrected chi connectivity index (χ2v) is 6.94. The van der Waals surface area contributed by atoms with Crippen LogP contribution in [0.3, 0.4) is 0 Å². The quantitative estimate of drug-likeness (QED) is 0.601. The highest BCUT2D eigenvalue weighted by Crippen LogP contribution is 2.28. The molecule has 0 aliphatic rings. The van der Waals surface area contributed by atoms with E-state index in [1.165, 1.54) is 0 Å². The van der Waals surface area contributed by atoms with Gasteiger partial charge < -0.3 is 19.4 Å². The van der Waals surface area contributed by atoms with Crippen molar-refractivity contribution < 1.29 is 14.3 Å². The molecule has 3 rings (SSSR count). The molecule has 0 aliphatic carbocycles. The smallest absolute Gasteiger partial charge is 0.265 e. The predicted molar refractivity (Wildman–Crippen MR) is 109 cm³/mol. The first-order valence-corrected chi connectivity index (χ1v) is 9.29. The Hall–Kier alpha value is -2.70. The van der Waals surface area contributed by atoms with Crippen molar-refractivity contribution in [3.63, 3.8) is 0 Å². The van der Waals surface area contributed by atoms with Crippen molar-refractivity contribution in [2.24, 2.45) is 7.05 Å². The fourth-order valence-corrected chi connectivity index (χ4v) is 2.83. The van der Waals surface area contributed by atoms with E-state index in [2.05, 4.69) is 10.3 Å². The molecular formula is C20H19Cl2N3O3. The normalized spacial score (nSPS) is 11.7.